The van der Waals surface area contributed by atoms with E-state index >= 15 is 0 Å². The van der Waals surface area contributed by atoms with Crippen molar-refractivity contribution in [3.8, 4) is 11.5 Å². The molecule has 0 aromatic heterocycles. The molecular formula is C48H63FN2O11S. The van der Waals surface area contributed by atoms with Crippen molar-refractivity contribution in [3.05, 3.63) is 119 Å². The first-order valence-corrected chi connectivity index (χ1v) is 22.4. The van der Waals surface area contributed by atoms with Gasteiger partial charge in [-0.1, -0.05) is 72.8 Å². The minimum absolute atomic E-state index is 0.00709. The summed E-state index contributed by atoms with van der Waals surface area (Å²) in [6.07, 6.45) is 8.74. The fourth-order valence-electron chi connectivity index (χ4n) is 5.12. The van der Waals surface area contributed by atoms with Gasteiger partial charge in [-0.15, -0.1) is 0 Å². The van der Waals surface area contributed by atoms with Gasteiger partial charge in [-0.05, 0) is 91.6 Å². The van der Waals surface area contributed by atoms with Gasteiger partial charge in [0, 0.05) is 25.5 Å². The Morgan fingerprint density at radius 3 is 1.33 bits per heavy atom. The standard InChI is InChI=1S/C27H37NO8S.C21H26FNO3/c1-27(2,3)36-26(29)28(4)24-12-8-22(9-13-24)6-7-23-10-14-25(15-11-23)34-20-18-32-16-17-33-19-21-35-37(5,30)31;1-23-20-8-4-18(5-9-20)2-3-19-6-10-21(11-7-19)26-17-16-25-15-14-24-13-12-22/h6-15H,16-21H2,1-5H3;2-11,23H,12-17H2,1H3/b7-6+;3-2+. The molecule has 0 spiro atoms. The molecule has 0 heterocycles. The maximum atomic E-state index is 12.2. The average Bonchev–Trinajstić information content (AvgIpc) is 3.26. The third-order valence-corrected chi connectivity index (χ3v) is 8.92. The fourth-order valence-corrected chi connectivity index (χ4v) is 5.49. The summed E-state index contributed by atoms with van der Waals surface area (Å²) in [5.41, 5.74) is 5.59. The fraction of sp³-hybridized carbons (Fsp3) is 0.396. The third kappa shape index (κ3) is 24.2. The second kappa shape index (κ2) is 29.1. The number of hydrogen-bond acceptors (Lipinski definition) is 12. The highest BCUT2D eigenvalue weighted by atomic mass is 32.2. The third-order valence-electron chi connectivity index (χ3n) is 8.33. The quantitative estimate of drug-likeness (QED) is 0.0366. The number of rotatable bonds is 26. The van der Waals surface area contributed by atoms with E-state index in [1.807, 2.05) is 125 Å². The first-order chi connectivity index (χ1) is 30.2. The van der Waals surface area contributed by atoms with Crippen LogP contribution in [0.15, 0.2) is 97.1 Å². The Hall–Kier alpha value is -5.29. The molecule has 1 N–H and O–H groups in total. The van der Waals surface area contributed by atoms with Gasteiger partial charge >= 0.3 is 6.09 Å². The van der Waals surface area contributed by atoms with Crippen molar-refractivity contribution < 1.29 is 54.9 Å². The second-order valence-electron chi connectivity index (χ2n) is 14.7. The van der Waals surface area contributed by atoms with Crippen LogP contribution in [0.2, 0.25) is 0 Å². The molecule has 1 amide bonds. The number of carbonyl (C=O) groups is 1. The summed E-state index contributed by atoms with van der Waals surface area (Å²) in [6.45, 7) is 8.69. The average molecular weight is 895 g/mol. The summed E-state index contributed by atoms with van der Waals surface area (Å²) in [5.74, 6) is 1.54. The summed E-state index contributed by atoms with van der Waals surface area (Å²) >= 11 is 0. The second-order valence-corrected chi connectivity index (χ2v) is 16.3. The molecular weight excluding hydrogens is 832 g/mol. The number of anilines is 2. The van der Waals surface area contributed by atoms with Crippen molar-refractivity contribution in [2.45, 2.75) is 26.4 Å². The Bertz CT molecular complexity index is 2020. The van der Waals surface area contributed by atoms with E-state index in [1.165, 1.54) is 4.90 Å². The van der Waals surface area contributed by atoms with E-state index in [4.69, 9.17) is 33.2 Å². The zero-order valence-corrected chi connectivity index (χ0v) is 38.1. The zero-order valence-electron chi connectivity index (χ0n) is 37.3. The van der Waals surface area contributed by atoms with Gasteiger partial charge in [0.05, 0.1) is 65.7 Å². The minimum atomic E-state index is -3.43. The Morgan fingerprint density at radius 1 is 0.587 bits per heavy atom. The Labute approximate surface area is 372 Å². The summed E-state index contributed by atoms with van der Waals surface area (Å²) in [7, 11) is 0.162. The molecule has 0 saturated heterocycles. The van der Waals surface area contributed by atoms with Gasteiger partial charge in [0.2, 0.25) is 0 Å². The van der Waals surface area contributed by atoms with Crippen molar-refractivity contribution in [1.82, 2.24) is 0 Å². The van der Waals surface area contributed by atoms with E-state index in [0.717, 1.165) is 51.4 Å². The molecule has 0 aliphatic rings. The van der Waals surface area contributed by atoms with Crippen molar-refractivity contribution in [2.75, 3.05) is 110 Å². The highest BCUT2D eigenvalue weighted by molar-refractivity contribution is 7.85. The van der Waals surface area contributed by atoms with Crippen molar-refractivity contribution in [1.29, 1.82) is 0 Å². The number of ether oxygens (including phenoxy) is 7. The molecule has 0 aliphatic heterocycles. The maximum absolute atomic E-state index is 12.2. The normalized spacial score (nSPS) is 11.6. The molecule has 0 radical (unpaired) electrons. The first kappa shape index (κ1) is 52.1. The van der Waals surface area contributed by atoms with Gasteiger partial charge in [0.25, 0.3) is 10.1 Å². The minimum Gasteiger partial charge on any atom is -0.491 e. The molecule has 13 nitrogen and oxygen atoms in total. The molecule has 4 aromatic carbocycles. The van der Waals surface area contributed by atoms with Crippen LogP contribution >= 0.6 is 0 Å². The summed E-state index contributed by atoms with van der Waals surface area (Å²) < 4.78 is 75.6. The molecule has 0 aliphatic carbocycles. The van der Waals surface area contributed by atoms with Crippen molar-refractivity contribution in [3.63, 3.8) is 0 Å². The van der Waals surface area contributed by atoms with Gasteiger partial charge in [-0.25, -0.2) is 9.18 Å². The summed E-state index contributed by atoms with van der Waals surface area (Å²) in [6, 6.07) is 31.5. The molecule has 0 bridgehead atoms. The van der Waals surface area contributed by atoms with E-state index in [1.54, 1.807) is 7.05 Å². The van der Waals surface area contributed by atoms with Crippen LogP contribution in [0.4, 0.5) is 20.6 Å². The van der Waals surface area contributed by atoms with Gasteiger partial charge in [0.1, 0.15) is 37.0 Å². The van der Waals surface area contributed by atoms with E-state index in [-0.39, 0.29) is 19.8 Å². The lowest BCUT2D eigenvalue weighted by atomic mass is 10.1. The van der Waals surface area contributed by atoms with Crippen LogP contribution in [0, 0.1) is 0 Å². The molecule has 0 saturated carbocycles. The number of alkyl halides is 1. The van der Waals surface area contributed by atoms with Gasteiger partial charge in [0.15, 0.2) is 0 Å². The predicted octanol–water partition coefficient (Wildman–Crippen LogP) is 8.90. The molecule has 0 unspecified atom stereocenters. The largest absolute Gasteiger partial charge is 0.491 e. The highest BCUT2D eigenvalue weighted by Gasteiger charge is 2.20. The van der Waals surface area contributed by atoms with Crippen LogP contribution in [-0.4, -0.2) is 120 Å². The van der Waals surface area contributed by atoms with Crippen LogP contribution in [0.5, 0.6) is 11.5 Å². The topological polar surface area (TPSA) is 140 Å². The van der Waals surface area contributed by atoms with Crippen molar-refractivity contribution >= 4 is 51.9 Å². The Balaban J connectivity index is 0.000000356. The molecule has 0 atom stereocenters. The number of nitrogens with zero attached hydrogens (tertiary/aromatic N) is 1. The van der Waals surface area contributed by atoms with Crippen LogP contribution in [-0.2, 0) is 38.0 Å². The number of nitrogens with one attached hydrogen (secondary N) is 1. The molecule has 63 heavy (non-hydrogen) atoms. The van der Waals surface area contributed by atoms with E-state index in [0.29, 0.717) is 52.9 Å². The van der Waals surface area contributed by atoms with Crippen LogP contribution in [0.25, 0.3) is 24.3 Å². The summed E-state index contributed by atoms with van der Waals surface area (Å²) in [4.78, 5) is 13.7. The first-order valence-electron chi connectivity index (χ1n) is 20.6. The van der Waals surface area contributed by atoms with Gasteiger partial charge in [-0.2, -0.15) is 8.42 Å². The number of amides is 1. The molecule has 4 aromatic rings. The predicted molar refractivity (Wildman–Crippen MR) is 249 cm³/mol. The molecule has 15 heteroatoms. The molecule has 0 fully saturated rings. The van der Waals surface area contributed by atoms with E-state index in [2.05, 4.69) is 33.8 Å². The van der Waals surface area contributed by atoms with Gasteiger partial charge in [-0.3, -0.25) is 9.08 Å². The molecule has 4 rings (SSSR count). The van der Waals surface area contributed by atoms with Crippen LogP contribution < -0.4 is 19.7 Å². The Kier molecular flexibility index (Phi) is 24.1. The molecule has 344 valence electrons. The summed E-state index contributed by atoms with van der Waals surface area (Å²) in [5, 5.41) is 3.10. The number of benzene rings is 4. The lowest BCUT2D eigenvalue weighted by Gasteiger charge is -2.24. The van der Waals surface area contributed by atoms with E-state index < -0.39 is 28.5 Å². The SMILES string of the molecule is CN(C(=O)OC(C)(C)C)c1ccc(/C=C/c2ccc(OCCOCCOCCOS(C)(=O)=O)cc2)cc1.CNc1ccc(/C=C/c2ccc(OCCOCCOCCF)cc2)cc1. The van der Waals surface area contributed by atoms with E-state index in [9.17, 15) is 17.6 Å². The van der Waals surface area contributed by atoms with Crippen LogP contribution in [0.3, 0.4) is 0 Å². The van der Waals surface area contributed by atoms with Gasteiger partial charge < -0.3 is 38.5 Å². The monoisotopic (exact) mass is 894 g/mol. The van der Waals surface area contributed by atoms with Crippen LogP contribution in [0.1, 0.15) is 43.0 Å². The lowest BCUT2D eigenvalue weighted by Crippen LogP contribution is -2.34. The lowest BCUT2D eigenvalue weighted by molar-refractivity contribution is 0.0280. The number of carbonyl (C=O) groups excluding carboxylic acids is 1. The highest BCUT2D eigenvalue weighted by Crippen LogP contribution is 2.20. The number of halogens is 1. The zero-order chi connectivity index (χ0) is 45.8. The maximum Gasteiger partial charge on any atom is 0.414 e. The smallest absolute Gasteiger partial charge is 0.414 e. The Morgan fingerprint density at radius 2 is 0.952 bits per heavy atom. The van der Waals surface area contributed by atoms with Crippen molar-refractivity contribution in [2.24, 2.45) is 0 Å². The number of hydrogen-bond donors (Lipinski definition) is 1.